The minimum absolute atomic E-state index is 0.107. The number of fused-ring (bicyclic) bond motifs is 1. The molecule has 34 heavy (non-hydrogen) atoms. The van der Waals surface area contributed by atoms with E-state index in [1.54, 1.807) is 18.6 Å². The number of nitrogens with zero attached hydrogens (tertiary/aromatic N) is 3. The number of carbonyl (C=O) groups excluding carboxylic acids is 2. The molecule has 1 aliphatic heterocycles. The number of hydrogen-bond donors (Lipinski definition) is 3. The third-order valence-electron chi connectivity index (χ3n) is 6.26. The Labute approximate surface area is 199 Å². The monoisotopic (exact) mass is 458 g/mol. The Morgan fingerprint density at radius 3 is 2.68 bits per heavy atom. The van der Waals surface area contributed by atoms with Gasteiger partial charge in [0.2, 0.25) is 0 Å². The van der Waals surface area contributed by atoms with Crippen LogP contribution in [0.15, 0.2) is 36.8 Å². The molecule has 0 fully saturated rings. The number of benzene rings is 1. The number of aryl methyl sites for hydroxylation is 1. The molecule has 2 aromatic heterocycles. The van der Waals surface area contributed by atoms with Crippen molar-refractivity contribution in [2.45, 2.75) is 27.7 Å². The molecule has 0 bridgehead atoms. The lowest BCUT2D eigenvalue weighted by atomic mass is 10.0. The first-order valence-corrected chi connectivity index (χ1v) is 11.6. The van der Waals surface area contributed by atoms with Gasteiger partial charge in [-0.3, -0.25) is 19.6 Å². The first kappa shape index (κ1) is 23.4. The van der Waals surface area contributed by atoms with Crippen molar-refractivity contribution in [3.63, 3.8) is 0 Å². The summed E-state index contributed by atoms with van der Waals surface area (Å²) in [5, 5.41) is 5.94. The molecule has 3 N–H and O–H groups in total. The quantitative estimate of drug-likeness (QED) is 0.447. The zero-order valence-corrected chi connectivity index (χ0v) is 20.0. The number of amides is 2. The van der Waals surface area contributed by atoms with E-state index in [-0.39, 0.29) is 11.8 Å². The summed E-state index contributed by atoms with van der Waals surface area (Å²) >= 11 is 0. The van der Waals surface area contributed by atoms with E-state index in [0.717, 1.165) is 59.1 Å². The number of nitrogens with one attached hydrogen (secondary N) is 3. The van der Waals surface area contributed by atoms with Crippen LogP contribution in [0.2, 0.25) is 0 Å². The SMILES string of the molecule is CCN(CC)CCNC(=O)c1c(C)[nH]c(/C=C2\C(=O)Nc3ccc(-c4cnccn4)cc32)c1C. The van der Waals surface area contributed by atoms with Gasteiger partial charge in [0.05, 0.1) is 23.0 Å². The van der Waals surface area contributed by atoms with Crippen molar-refractivity contribution in [1.29, 1.82) is 0 Å². The van der Waals surface area contributed by atoms with Crippen molar-refractivity contribution < 1.29 is 9.59 Å². The maximum Gasteiger partial charge on any atom is 0.256 e. The molecule has 8 nitrogen and oxygen atoms in total. The van der Waals surface area contributed by atoms with E-state index in [1.807, 2.05) is 38.1 Å². The van der Waals surface area contributed by atoms with Crippen molar-refractivity contribution in [3.8, 4) is 11.3 Å². The lowest BCUT2D eigenvalue weighted by Crippen LogP contribution is -2.35. The minimum Gasteiger partial charge on any atom is -0.358 e. The predicted octanol–water partition coefficient (Wildman–Crippen LogP) is 3.65. The summed E-state index contributed by atoms with van der Waals surface area (Å²) in [5.41, 5.74) is 6.66. The van der Waals surface area contributed by atoms with Gasteiger partial charge in [0.15, 0.2) is 0 Å². The number of H-pyrrole nitrogens is 1. The zero-order valence-electron chi connectivity index (χ0n) is 20.0. The summed E-state index contributed by atoms with van der Waals surface area (Å²) in [6, 6.07) is 5.73. The first-order valence-electron chi connectivity index (χ1n) is 11.6. The normalized spacial score (nSPS) is 13.9. The second-order valence-corrected chi connectivity index (χ2v) is 8.31. The molecular weight excluding hydrogens is 428 g/mol. The number of aromatic nitrogens is 3. The molecule has 1 aromatic carbocycles. The summed E-state index contributed by atoms with van der Waals surface area (Å²) in [4.78, 5) is 39.7. The molecule has 8 heteroatoms. The Morgan fingerprint density at radius 1 is 1.18 bits per heavy atom. The molecule has 4 rings (SSSR count). The number of aromatic amines is 1. The van der Waals surface area contributed by atoms with E-state index in [9.17, 15) is 9.59 Å². The number of likely N-dealkylation sites (N-methyl/N-ethyl adjacent to an activating group) is 1. The lowest BCUT2D eigenvalue weighted by molar-refractivity contribution is -0.110. The van der Waals surface area contributed by atoms with Crippen molar-refractivity contribution in [1.82, 2.24) is 25.2 Å². The van der Waals surface area contributed by atoms with Crippen LogP contribution in [-0.2, 0) is 4.79 Å². The standard InChI is InChI=1S/C26H30N6O2/c1-5-32(6-2)12-11-29-26(34)24-16(3)22(30-17(24)4)14-20-19-13-18(23-15-27-9-10-28-23)7-8-21(19)31-25(20)33/h7-10,13-15,30H,5-6,11-12H2,1-4H3,(H,29,34)(H,31,33)/b20-14-. The number of anilines is 1. The van der Waals surface area contributed by atoms with Crippen LogP contribution in [0.3, 0.4) is 0 Å². The van der Waals surface area contributed by atoms with E-state index in [0.29, 0.717) is 17.7 Å². The van der Waals surface area contributed by atoms with Crippen LogP contribution in [0, 0.1) is 13.8 Å². The average molecular weight is 459 g/mol. The van der Waals surface area contributed by atoms with E-state index >= 15 is 0 Å². The van der Waals surface area contributed by atoms with E-state index in [1.165, 1.54) is 0 Å². The lowest BCUT2D eigenvalue weighted by Gasteiger charge is -2.18. The fourth-order valence-electron chi connectivity index (χ4n) is 4.30. The van der Waals surface area contributed by atoms with Gasteiger partial charge in [-0.1, -0.05) is 19.9 Å². The predicted molar refractivity (Wildman–Crippen MR) is 134 cm³/mol. The van der Waals surface area contributed by atoms with Gasteiger partial charge in [-0.05, 0) is 50.7 Å². The third-order valence-corrected chi connectivity index (χ3v) is 6.26. The number of rotatable bonds is 8. The Kier molecular flexibility index (Phi) is 6.88. The summed E-state index contributed by atoms with van der Waals surface area (Å²) in [7, 11) is 0. The Hall–Kier alpha value is -3.78. The topological polar surface area (TPSA) is 103 Å². The molecular formula is C26H30N6O2. The average Bonchev–Trinajstić information content (AvgIpc) is 3.31. The summed E-state index contributed by atoms with van der Waals surface area (Å²) in [6.07, 6.45) is 6.78. The highest BCUT2D eigenvalue weighted by Crippen LogP contribution is 2.36. The molecule has 0 spiro atoms. The summed E-state index contributed by atoms with van der Waals surface area (Å²) < 4.78 is 0. The summed E-state index contributed by atoms with van der Waals surface area (Å²) in [6.45, 7) is 11.3. The Balaban J connectivity index is 1.61. The van der Waals surface area contributed by atoms with Gasteiger partial charge in [0, 0.05) is 53.7 Å². The fourth-order valence-corrected chi connectivity index (χ4v) is 4.30. The van der Waals surface area contributed by atoms with Crippen molar-refractivity contribution in [2.75, 3.05) is 31.5 Å². The maximum absolute atomic E-state index is 12.9. The second-order valence-electron chi connectivity index (χ2n) is 8.31. The fraction of sp³-hybridized carbons (Fsp3) is 0.308. The Bertz CT molecular complexity index is 1240. The van der Waals surface area contributed by atoms with Crippen LogP contribution in [0.4, 0.5) is 5.69 Å². The van der Waals surface area contributed by atoms with Gasteiger partial charge < -0.3 is 20.5 Å². The minimum atomic E-state index is -0.178. The zero-order chi connectivity index (χ0) is 24.2. The molecule has 0 saturated carbocycles. The van der Waals surface area contributed by atoms with Crippen LogP contribution in [0.1, 0.15) is 46.7 Å². The maximum atomic E-state index is 12.9. The van der Waals surface area contributed by atoms with Crippen LogP contribution < -0.4 is 10.6 Å². The van der Waals surface area contributed by atoms with Crippen molar-refractivity contribution in [3.05, 3.63) is 64.9 Å². The van der Waals surface area contributed by atoms with E-state index in [2.05, 4.69) is 44.3 Å². The highest BCUT2D eigenvalue weighted by Gasteiger charge is 2.26. The van der Waals surface area contributed by atoms with Gasteiger partial charge in [0.25, 0.3) is 11.8 Å². The number of hydrogen-bond acceptors (Lipinski definition) is 5. The van der Waals surface area contributed by atoms with Crippen LogP contribution in [-0.4, -0.2) is 57.8 Å². The van der Waals surface area contributed by atoms with E-state index < -0.39 is 0 Å². The summed E-state index contributed by atoms with van der Waals surface area (Å²) in [5.74, 6) is -0.285. The molecule has 0 aliphatic carbocycles. The van der Waals surface area contributed by atoms with Crippen LogP contribution in [0.5, 0.6) is 0 Å². The van der Waals surface area contributed by atoms with Crippen molar-refractivity contribution >= 4 is 29.2 Å². The molecule has 0 atom stereocenters. The van der Waals surface area contributed by atoms with Gasteiger partial charge >= 0.3 is 0 Å². The molecule has 2 amide bonds. The third kappa shape index (κ3) is 4.63. The highest BCUT2D eigenvalue weighted by atomic mass is 16.2. The highest BCUT2D eigenvalue weighted by molar-refractivity contribution is 6.35. The van der Waals surface area contributed by atoms with Gasteiger partial charge in [-0.15, -0.1) is 0 Å². The Morgan fingerprint density at radius 2 is 1.97 bits per heavy atom. The van der Waals surface area contributed by atoms with Crippen molar-refractivity contribution in [2.24, 2.45) is 0 Å². The molecule has 3 aromatic rings. The molecule has 3 heterocycles. The molecule has 0 radical (unpaired) electrons. The van der Waals surface area contributed by atoms with Crippen LogP contribution in [0.25, 0.3) is 22.9 Å². The van der Waals surface area contributed by atoms with E-state index in [4.69, 9.17) is 0 Å². The van der Waals surface area contributed by atoms with Gasteiger partial charge in [0.1, 0.15) is 0 Å². The largest absolute Gasteiger partial charge is 0.358 e. The smallest absolute Gasteiger partial charge is 0.256 e. The van der Waals surface area contributed by atoms with Gasteiger partial charge in [-0.2, -0.15) is 0 Å². The molecule has 0 unspecified atom stereocenters. The van der Waals surface area contributed by atoms with Gasteiger partial charge in [-0.25, -0.2) is 0 Å². The first-order chi connectivity index (χ1) is 16.4. The molecule has 176 valence electrons. The molecule has 0 saturated heterocycles. The van der Waals surface area contributed by atoms with Crippen LogP contribution >= 0.6 is 0 Å². The second kappa shape index (κ2) is 10.0. The molecule has 1 aliphatic rings. The number of carbonyl (C=O) groups is 2.